The Bertz CT molecular complexity index is 1180. The van der Waals surface area contributed by atoms with Crippen LogP contribution in [-0.4, -0.2) is 15.9 Å². The van der Waals surface area contributed by atoms with Gasteiger partial charge in [-0.1, -0.05) is 46.3 Å². The summed E-state index contributed by atoms with van der Waals surface area (Å²) in [5.74, 6) is -0.417. The molecule has 0 atom stereocenters. The summed E-state index contributed by atoms with van der Waals surface area (Å²) < 4.78 is 15.7. The Kier molecular flexibility index (Phi) is 4.48. The first-order valence-corrected chi connectivity index (χ1v) is 9.34. The normalized spacial score (nSPS) is 11.5. The average Bonchev–Trinajstić information content (AvgIpc) is 3.09. The molecule has 0 radical (unpaired) electrons. The van der Waals surface area contributed by atoms with Crippen molar-refractivity contribution in [1.29, 1.82) is 0 Å². The second kappa shape index (κ2) is 6.93. The van der Waals surface area contributed by atoms with Crippen molar-refractivity contribution in [2.24, 2.45) is 5.10 Å². The molecule has 0 unspecified atom stereocenters. The minimum Gasteiger partial charge on any atom is -0.267 e. The monoisotopic (exact) mass is 427 g/mol. The number of halogens is 2. The molecule has 0 spiro atoms. The molecule has 4 aromatic rings. The molecule has 0 aliphatic rings. The highest BCUT2D eigenvalue weighted by atomic mass is 79.9. The third-order valence-corrected chi connectivity index (χ3v) is 5.22. The summed E-state index contributed by atoms with van der Waals surface area (Å²) in [5.41, 5.74) is 1.75. The average molecular weight is 428 g/mol. The van der Waals surface area contributed by atoms with Gasteiger partial charge < -0.3 is 0 Å². The number of hydrogen-bond acceptors (Lipinski definition) is 4. The molecule has 0 saturated heterocycles. The van der Waals surface area contributed by atoms with Crippen molar-refractivity contribution >= 4 is 43.7 Å². The number of thiophene rings is 1. The quantitative estimate of drug-likeness (QED) is 0.436. The van der Waals surface area contributed by atoms with Crippen molar-refractivity contribution < 1.29 is 4.39 Å². The maximum atomic E-state index is 13.8. The Morgan fingerprint density at radius 2 is 2.00 bits per heavy atom. The van der Waals surface area contributed by atoms with Crippen LogP contribution in [0.25, 0.3) is 21.3 Å². The highest BCUT2D eigenvalue weighted by Crippen LogP contribution is 2.30. The lowest BCUT2D eigenvalue weighted by molar-refractivity contribution is 0.625. The smallest absolute Gasteiger partial charge is 0.267 e. The molecule has 0 N–H and O–H groups in total. The molecule has 0 saturated carbocycles. The van der Waals surface area contributed by atoms with Crippen LogP contribution in [0.15, 0.2) is 74.6 Å². The van der Waals surface area contributed by atoms with E-state index in [0.29, 0.717) is 10.2 Å². The van der Waals surface area contributed by atoms with Gasteiger partial charge in [0.2, 0.25) is 0 Å². The minimum absolute atomic E-state index is 0.278. The molecule has 4 rings (SSSR count). The lowest BCUT2D eigenvalue weighted by Crippen LogP contribution is -2.16. The third kappa shape index (κ3) is 3.11. The summed E-state index contributed by atoms with van der Waals surface area (Å²) in [6.45, 7) is 0. The lowest BCUT2D eigenvalue weighted by atomic mass is 10.1. The first-order chi connectivity index (χ1) is 12.6. The van der Waals surface area contributed by atoms with E-state index in [-0.39, 0.29) is 11.1 Å². The molecule has 128 valence electrons. The Labute approximate surface area is 160 Å². The molecule has 26 heavy (non-hydrogen) atoms. The number of nitrogens with zero attached hydrogens (tertiary/aromatic N) is 3. The van der Waals surface area contributed by atoms with Gasteiger partial charge in [0.05, 0.1) is 11.6 Å². The van der Waals surface area contributed by atoms with Crippen LogP contribution in [0.2, 0.25) is 0 Å². The van der Waals surface area contributed by atoms with Gasteiger partial charge in [0.1, 0.15) is 17.0 Å². The summed E-state index contributed by atoms with van der Waals surface area (Å²) in [7, 11) is 0. The number of aromatic nitrogens is 2. The fourth-order valence-electron chi connectivity index (χ4n) is 2.57. The Hall–Kier alpha value is -2.64. The molecule has 4 nitrogen and oxygen atoms in total. The fourth-order valence-corrected chi connectivity index (χ4v) is 3.86. The standard InChI is InChI=1S/C19H11BrFN3OS/c20-14-6-7-16(21)13(8-14)9-23-24-11-22-18-17(19(24)25)15(10-26-18)12-4-2-1-3-5-12/h1-11H/b23-9+. The van der Waals surface area contributed by atoms with Gasteiger partial charge in [0.15, 0.2) is 0 Å². The zero-order valence-corrected chi connectivity index (χ0v) is 15.7. The van der Waals surface area contributed by atoms with Crippen molar-refractivity contribution in [2.45, 2.75) is 0 Å². The molecule has 0 aliphatic carbocycles. The number of fused-ring (bicyclic) bond motifs is 1. The molecular weight excluding hydrogens is 417 g/mol. The Morgan fingerprint density at radius 1 is 1.19 bits per heavy atom. The van der Waals surface area contributed by atoms with Crippen LogP contribution in [0, 0.1) is 5.82 Å². The van der Waals surface area contributed by atoms with E-state index in [9.17, 15) is 9.18 Å². The van der Waals surface area contributed by atoms with Crippen molar-refractivity contribution in [2.75, 3.05) is 0 Å². The van der Waals surface area contributed by atoms with Gasteiger partial charge >= 0.3 is 0 Å². The van der Waals surface area contributed by atoms with Crippen LogP contribution in [0.3, 0.4) is 0 Å². The fraction of sp³-hybridized carbons (Fsp3) is 0. The third-order valence-electron chi connectivity index (χ3n) is 3.84. The summed E-state index contributed by atoms with van der Waals surface area (Å²) in [4.78, 5) is 17.8. The molecule has 0 bridgehead atoms. The maximum Gasteiger partial charge on any atom is 0.283 e. The van der Waals surface area contributed by atoms with Gasteiger partial charge in [-0.3, -0.25) is 4.79 Å². The van der Waals surface area contributed by atoms with E-state index in [1.807, 2.05) is 35.7 Å². The van der Waals surface area contributed by atoms with Crippen LogP contribution in [0.1, 0.15) is 5.56 Å². The van der Waals surface area contributed by atoms with Crippen LogP contribution in [0.4, 0.5) is 4.39 Å². The van der Waals surface area contributed by atoms with E-state index in [0.717, 1.165) is 20.3 Å². The molecule has 0 aliphatic heterocycles. The van der Waals surface area contributed by atoms with Gasteiger partial charge in [0.25, 0.3) is 5.56 Å². The predicted octanol–water partition coefficient (Wildman–Crippen LogP) is 4.91. The van der Waals surface area contributed by atoms with Crippen molar-refractivity contribution in [3.05, 3.63) is 86.4 Å². The maximum absolute atomic E-state index is 13.8. The van der Waals surface area contributed by atoms with E-state index in [4.69, 9.17) is 0 Å². The number of benzene rings is 2. The van der Waals surface area contributed by atoms with Crippen molar-refractivity contribution in [1.82, 2.24) is 9.66 Å². The van der Waals surface area contributed by atoms with E-state index < -0.39 is 5.82 Å². The highest BCUT2D eigenvalue weighted by Gasteiger charge is 2.12. The Balaban J connectivity index is 1.82. The molecule has 2 aromatic heterocycles. The van der Waals surface area contributed by atoms with Crippen LogP contribution in [-0.2, 0) is 0 Å². The predicted molar refractivity (Wildman–Crippen MR) is 106 cm³/mol. The van der Waals surface area contributed by atoms with Crippen LogP contribution in [0.5, 0.6) is 0 Å². The van der Waals surface area contributed by atoms with E-state index in [1.54, 1.807) is 12.1 Å². The number of rotatable bonds is 3. The summed E-state index contributed by atoms with van der Waals surface area (Å²) in [5, 5.41) is 6.53. The Morgan fingerprint density at radius 3 is 2.81 bits per heavy atom. The first-order valence-electron chi connectivity index (χ1n) is 7.67. The lowest BCUT2D eigenvalue weighted by Gasteiger charge is -2.02. The van der Waals surface area contributed by atoms with E-state index >= 15 is 0 Å². The SMILES string of the molecule is O=c1c2c(-c3ccccc3)csc2ncn1/N=C/c1cc(Br)ccc1F. The molecule has 7 heteroatoms. The van der Waals surface area contributed by atoms with Gasteiger partial charge in [-0.05, 0) is 23.8 Å². The second-order valence-electron chi connectivity index (χ2n) is 5.50. The largest absolute Gasteiger partial charge is 0.283 e. The minimum atomic E-state index is -0.417. The van der Waals surface area contributed by atoms with Gasteiger partial charge in [-0.25, -0.2) is 9.37 Å². The first kappa shape index (κ1) is 16.8. The van der Waals surface area contributed by atoms with E-state index in [1.165, 1.54) is 29.9 Å². The second-order valence-corrected chi connectivity index (χ2v) is 7.27. The summed E-state index contributed by atoms with van der Waals surface area (Å²) in [6, 6.07) is 14.2. The zero-order chi connectivity index (χ0) is 18.1. The zero-order valence-electron chi connectivity index (χ0n) is 13.3. The summed E-state index contributed by atoms with van der Waals surface area (Å²) >= 11 is 4.70. The van der Waals surface area contributed by atoms with Crippen LogP contribution < -0.4 is 5.56 Å². The van der Waals surface area contributed by atoms with Crippen LogP contribution >= 0.6 is 27.3 Å². The highest BCUT2D eigenvalue weighted by molar-refractivity contribution is 9.10. The van der Waals surface area contributed by atoms with Gasteiger partial charge in [-0.2, -0.15) is 9.78 Å². The van der Waals surface area contributed by atoms with Gasteiger partial charge in [-0.15, -0.1) is 11.3 Å². The summed E-state index contributed by atoms with van der Waals surface area (Å²) in [6.07, 6.45) is 2.66. The van der Waals surface area contributed by atoms with Crippen molar-refractivity contribution in [3.8, 4) is 11.1 Å². The molecule has 2 aromatic carbocycles. The molecule has 0 fully saturated rings. The molecule has 0 amide bonds. The van der Waals surface area contributed by atoms with E-state index in [2.05, 4.69) is 26.0 Å². The van der Waals surface area contributed by atoms with Gasteiger partial charge in [0, 0.05) is 21.0 Å². The van der Waals surface area contributed by atoms with Crippen molar-refractivity contribution in [3.63, 3.8) is 0 Å². The molecular formula is C19H11BrFN3OS. The topological polar surface area (TPSA) is 47.2 Å². The molecule has 2 heterocycles. The number of hydrogen-bond donors (Lipinski definition) is 0.